The first-order valence-corrected chi connectivity index (χ1v) is 8.45. The van der Waals surface area contributed by atoms with E-state index < -0.39 is 0 Å². The van der Waals surface area contributed by atoms with Gasteiger partial charge >= 0.3 is 5.97 Å². The number of hydrogen-bond donors (Lipinski definition) is 0. The van der Waals surface area contributed by atoms with Crippen molar-refractivity contribution in [2.75, 3.05) is 20.3 Å². The van der Waals surface area contributed by atoms with Gasteiger partial charge in [0, 0.05) is 20.1 Å². The monoisotopic (exact) mass is 286 g/mol. The van der Waals surface area contributed by atoms with Crippen LogP contribution in [0.1, 0.15) is 84.0 Å². The second-order valence-corrected chi connectivity index (χ2v) is 5.50. The summed E-state index contributed by atoms with van der Waals surface area (Å²) < 4.78 is 10.2. The molecule has 0 unspecified atom stereocenters. The van der Waals surface area contributed by atoms with Crippen molar-refractivity contribution in [3.8, 4) is 0 Å². The molecule has 120 valence electrons. The Balaban J connectivity index is 3.13. The second-order valence-electron chi connectivity index (χ2n) is 5.50. The van der Waals surface area contributed by atoms with Crippen molar-refractivity contribution >= 4 is 5.97 Å². The van der Waals surface area contributed by atoms with Crippen LogP contribution in [0.25, 0.3) is 0 Å². The van der Waals surface area contributed by atoms with Crippen LogP contribution in [0.3, 0.4) is 0 Å². The Kier molecular flexibility index (Phi) is 16.0. The van der Waals surface area contributed by atoms with E-state index in [0.717, 1.165) is 32.3 Å². The number of rotatable bonds is 15. The molecule has 0 bridgehead atoms. The summed E-state index contributed by atoms with van der Waals surface area (Å²) in [6.45, 7) is 3.68. The van der Waals surface area contributed by atoms with Crippen molar-refractivity contribution in [1.82, 2.24) is 0 Å². The molecule has 0 atom stereocenters. The summed E-state index contributed by atoms with van der Waals surface area (Å²) in [6, 6.07) is 0. The first-order valence-electron chi connectivity index (χ1n) is 8.45. The maximum Gasteiger partial charge on any atom is 0.305 e. The van der Waals surface area contributed by atoms with Gasteiger partial charge in [-0.3, -0.25) is 4.79 Å². The van der Waals surface area contributed by atoms with Gasteiger partial charge < -0.3 is 9.47 Å². The fraction of sp³-hybridized carbons (Fsp3) is 0.941. The van der Waals surface area contributed by atoms with E-state index in [1.807, 2.05) is 0 Å². The first-order chi connectivity index (χ1) is 9.81. The molecule has 0 N–H and O–H groups in total. The maximum absolute atomic E-state index is 11.5. The summed E-state index contributed by atoms with van der Waals surface area (Å²) in [4.78, 5) is 11.5. The Bertz CT molecular complexity index is 184. The predicted molar refractivity (Wildman–Crippen MR) is 83.9 cm³/mol. The van der Waals surface area contributed by atoms with Crippen molar-refractivity contribution in [3.63, 3.8) is 0 Å². The molecular weight excluding hydrogens is 252 g/mol. The van der Waals surface area contributed by atoms with Gasteiger partial charge in [-0.15, -0.1) is 0 Å². The summed E-state index contributed by atoms with van der Waals surface area (Å²) >= 11 is 0. The molecule has 3 nitrogen and oxygen atoms in total. The zero-order chi connectivity index (χ0) is 14.9. The minimum absolute atomic E-state index is 0.0181. The van der Waals surface area contributed by atoms with Crippen LogP contribution in [0, 0.1) is 0 Å². The third-order valence-corrected chi connectivity index (χ3v) is 3.49. The van der Waals surface area contributed by atoms with Crippen molar-refractivity contribution in [1.29, 1.82) is 0 Å². The SMILES string of the molecule is CCCCCCCCOC(=O)CCCCCCCOC. The Morgan fingerprint density at radius 2 is 1.30 bits per heavy atom. The van der Waals surface area contributed by atoms with Crippen molar-refractivity contribution in [3.05, 3.63) is 0 Å². The highest BCUT2D eigenvalue weighted by Crippen LogP contribution is 2.08. The average Bonchev–Trinajstić information content (AvgIpc) is 2.45. The van der Waals surface area contributed by atoms with Gasteiger partial charge in [0.25, 0.3) is 0 Å². The van der Waals surface area contributed by atoms with Gasteiger partial charge in [0.05, 0.1) is 6.61 Å². The number of carbonyl (C=O) groups excluding carboxylic acids is 1. The molecule has 0 aliphatic rings. The fourth-order valence-corrected chi connectivity index (χ4v) is 2.19. The topological polar surface area (TPSA) is 35.5 Å². The van der Waals surface area contributed by atoms with Crippen molar-refractivity contribution in [2.45, 2.75) is 84.0 Å². The van der Waals surface area contributed by atoms with Gasteiger partial charge in [-0.05, 0) is 19.3 Å². The summed E-state index contributed by atoms with van der Waals surface area (Å²) in [7, 11) is 1.74. The van der Waals surface area contributed by atoms with E-state index in [4.69, 9.17) is 9.47 Å². The van der Waals surface area contributed by atoms with Gasteiger partial charge in [-0.25, -0.2) is 0 Å². The van der Waals surface area contributed by atoms with Gasteiger partial charge in [-0.2, -0.15) is 0 Å². The second kappa shape index (κ2) is 16.5. The lowest BCUT2D eigenvalue weighted by Crippen LogP contribution is -2.05. The Hall–Kier alpha value is -0.570. The van der Waals surface area contributed by atoms with Crippen LogP contribution in [0.5, 0.6) is 0 Å². The number of methoxy groups -OCH3 is 1. The van der Waals surface area contributed by atoms with E-state index in [0.29, 0.717) is 13.0 Å². The van der Waals surface area contributed by atoms with Crippen LogP contribution >= 0.6 is 0 Å². The van der Waals surface area contributed by atoms with Crippen LogP contribution in [-0.4, -0.2) is 26.3 Å². The highest BCUT2D eigenvalue weighted by Gasteiger charge is 2.02. The normalized spacial score (nSPS) is 10.7. The standard InChI is InChI=1S/C17H34O3/c1-3-4-5-6-10-13-16-20-17(18)14-11-8-7-9-12-15-19-2/h3-16H2,1-2H3. The Morgan fingerprint density at radius 3 is 1.95 bits per heavy atom. The minimum Gasteiger partial charge on any atom is -0.466 e. The molecule has 0 fully saturated rings. The van der Waals surface area contributed by atoms with Crippen LogP contribution in [0.15, 0.2) is 0 Å². The molecule has 0 rings (SSSR count). The van der Waals surface area contributed by atoms with E-state index in [2.05, 4.69) is 6.92 Å². The molecule has 0 aromatic rings. The highest BCUT2D eigenvalue weighted by molar-refractivity contribution is 5.69. The zero-order valence-electron chi connectivity index (χ0n) is 13.6. The highest BCUT2D eigenvalue weighted by atomic mass is 16.5. The molecule has 3 heteroatoms. The molecule has 0 aliphatic heterocycles. The number of hydrogen-bond acceptors (Lipinski definition) is 3. The third kappa shape index (κ3) is 15.5. The summed E-state index contributed by atoms with van der Waals surface area (Å²) in [5.41, 5.74) is 0. The lowest BCUT2D eigenvalue weighted by molar-refractivity contribution is -0.143. The van der Waals surface area contributed by atoms with Gasteiger partial charge in [-0.1, -0.05) is 58.3 Å². The number of ether oxygens (including phenoxy) is 2. The molecule has 0 heterocycles. The average molecular weight is 286 g/mol. The van der Waals surface area contributed by atoms with E-state index in [9.17, 15) is 4.79 Å². The summed E-state index contributed by atoms with van der Waals surface area (Å²) in [6.07, 6.45) is 13.6. The van der Waals surface area contributed by atoms with Crippen molar-refractivity contribution in [2.24, 2.45) is 0 Å². The molecule has 0 radical (unpaired) electrons. The fourth-order valence-electron chi connectivity index (χ4n) is 2.19. The van der Waals surface area contributed by atoms with E-state index in [1.165, 1.54) is 44.9 Å². The van der Waals surface area contributed by atoms with Gasteiger partial charge in [0.15, 0.2) is 0 Å². The molecular formula is C17H34O3. The molecule has 0 amide bonds. The molecule has 0 spiro atoms. The quantitative estimate of drug-likeness (QED) is 0.318. The number of unbranched alkanes of at least 4 members (excludes halogenated alkanes) is 9. The smallest absolute Gasteiger partial charge is 0.305 e. The lowest BCUT2D eigenvalue weighted by Gasteiger charge is -2.05. The molecule has 0 saturated carbocycles. The number of esters is 1. The molecule has 20 heavy (non-hydrogen) atoms. The molecule has 0 saturated heterocycles. The van der Waals surface area contributed by atoms with Crippen LogP contribution < -0.4 is 0 Å². The summed E-state index contributed by atoms with van der Waals surface area (Å²) in [5, 5.41) is 0. The minimum atomic E-state index is -0.0181. The van der Waals surface area contributed by atoms with E-state index >= 15 is 0 Å². The van der Waals surface area contributed by atoms with E-state index in [1.54, 1.807) is 7.11 Å². The first kappa shape index (κ1) is 19.4. The largest absolute Gasteiger partial charge is 0.466 e. The third-order valence-electron chi connectivity index (χ3n) is 3.49. The lowest BCUT2D eigenvalue weighted by atomic mass is 10.1. The van der Waals surface area contributed by atoms with Gasteiger partial charge in [0.2, 0.25) is 0 Å². The number of carbonyl (C=O) groups is 1. The van der Waals surface area contributed by atoms with Crippen LogP contribution in [-0.2, 0) is 14.3 Å². The Morgan fingerprint density at radius 1 is 0.750 bits per heavy atom. The van der Waals surface area contributed by atoms with Crippen LogP contribution in [0.4, 0.5) is 0 Å². The van der Waals surface area contributed by atoms with Crippen molar-refractivity contribution < 1.29 is 14.3 Å². The molecule has 0 aromatic heterocycles. The zero-order valence-corrected chi connectivity index (χ0v) is 13.6. The van der Waals surface area contributed by atoms with Crippen LogP contribution in [0.2, 0.25) is 0 Å². The molecule has 0 aliphatic carbocycles. The Labute approximate surface area is 125 Å². The van der Waals surface area contributed by atoms with Gasteiger partial charge in [0.1, 0.15) is 0 Å². The molecule has 0 aromatic carbocycles. The predicted octanol–water partition coefficient (Wildman–Crippen LogP) is 4.88. The van der Waals surface area contributed by atoms with E-state index in [-0.39, 0.29) is 5.97 Å². The maximum atomic E-state index is 11.5. The summed E-state index contributed by atoms with van der Waals surface area (Å²) in [5.74, 6) is -0.0181.